The van der Waals surface area contributed by atoms with Gasteiger partial charge in [0.05, 0.1) is 0 Å². The van der Waals surface area contributed by atoms with E-state index in [0.717, 1.165) is 12.0 Å². The van der Waals surface area contributed by atoms with Crippen LogP contribution in [-0.2, 0) is 4.79 Å². The lowest BCUT2D eigenvalue weighted by molar-refractivity contribution is -0.113. The van der Waals surface area contributed by atoms with Crippen molar-refractivity contribution in [2.75, 3.05) is 0 Å². The number of Topliss-reactive ketones (excluding diaryl/α,β-unsaturated/α-hetero) is 1. The molecule has 0 heterocycles. The van der Waals surface area contributed by atoms with Crippen LogP contribution in [0.2, 0.25) is 0 Å². The maximum Gasteiger partial charge on any atom is 0.205 e. The number of rotatable bonds is 2. The molecule has 1 heteroatoms. The molecule has 0 aliphatic rings. The van der Waals surface area contributed by atoms with E-state index in [-0.39, 0.29) is 5.78 Å². The first-order valence-electron chi connectivity index (χ1n) is 3.84. The first kappa shape index (κ1) is 9.97. The van der Waals surface area contributed by atoms with Gasteiger partial charge in [-0.05, 0) is 32.3 Å². The molecule has 0 saturated heterocycles. The van der Waals surface area contributed by atoms with Crippen LogP contribution in [0.25, 0.3) is 0 Å². The Morgan fingerprint density at radius 2 is 2.09 bits per heavy atom. The number of hydrogen-bond acceptors (Lipinski definition) is 1. The number of hydrogen-bond donors (Lipinski definition) is 0. The Labute approximate surface area is 68.5 Å². The van der Waals surface area contributed by atoms with Crippen molar-refractivity contribution < 1.29 is 4.79 Å². The van der Waals surface area contributed by atoms with Crippen LogP contribution < -0.4 is 0 Å². The Bertz CT molecular complexity index is 209. The highest BCUT2D eigenvalue weighted by atomic mass is 16.1. The molecule has 0 aromatic heterocycles. The second-order valence-corrected chi connectivity index (χ2v) is 2.66. The summed E-state index contributed by atoms with van der Waals surface area (Å²) in [5, 5.41) is 0. The first-order valence-corrected chi connectivity index (χ1v) is 3.84. The van der Waals surface area contributed by atoms with E-state index in [0.29, 0.717) is 6.42 Å². The zero-order valence-corrected chi connectivity index (χ0v) is 7.40. The van der Waals surface area contributed by atoms with Crippen molar-refractivity contribution in [1.82, 2.24) is 0 Å². The standard InChI is InChI=1S/C10H14O/c1-4-6-10(11)8-5-7-9(2)3/h7H,4,6H2,1-3H3. The lowest BCUT2D eigenvalue weighted by Gasteiger charge is -1.83. The van der Waals surface area contributed by atoms with E-state index in [1.807, 2.05) is 20.8 Å². The molecule has 0 aliphatic heterocycles. The Kier molecular flexibility index (Phi) is 5.20. The third kappa shape index (κ3) is 6.86. The van der Waals surface area contributed by atoms with Gasteiger partial charge in [0, 0.05) is 6.42 Å². The van der Waals surface area contributed by atoms with Crippen LogP contribution in [0.4, 0.5) is 0 Å². The van der Waals surface area contributed by atoms with Gasteiger partial charge >= 0.3 is 0 Å². The molecule has 0 fully saturated rings. The predicted molar refractivity (Wildman–Crippen MR) is 47.1 cm³/mol. The molecule has 0 atom stereocenters. The van der Waals surface area contributed by atoms with Crippen molar-refractivity contribution in [3.05, 3.63) is 11.6 Å². The SMILES string of the molecule is CCCC(=O)C#CC=C(C)C. The van der Waals surface area contributed by atoms with Gasteiger partial charge in [0.25, 0.3) is 0 Å². The van der Waals surface area contributed by atoms with Crippen molar-refractivity contribution in [2.45, 2.75) is 33.6 Å². The minimum Gasteiger partial charge on any atom is -0.285 e. The third-order valence-electron chi connectivity index (χ3n) is 1.05. The minimum absolute atomic E-state index is 0.0324. The van der Waals surface area contributed by atoms with E-state index in [2.05, 4.69) is 11.8 Å². The van der Waals surface area contributed by atoms with E-state index in [1.54, 1.807) is 6.08 Å². The van der Waals surface area contributed by atoms with E-state index in [9.17, 15) is 4.79 Å². The van der Waals surface area contributed by atoms with Gasteiger partial charge in [0.2, 0.25) is 5.78 Å². The number of carbonyl (C=O) groups excluding carboxylic acids is 1. The van der Waals surface area contributed by atoms with Gasteiger partial charge in [-0.2, -0.15) is 0 Å². The highest BCUT2D eigenvalue weighted by molar-refractivity contribution is 5.95. The summed E-state index contributed by atoms with van der Waals surface area (Å²) in [4.78, 5) is 10.8. The zero-order valence-electron chi connectivity index (χ0n) is 7.40. The van der Waals surface area contributed by atoms with Crippen LogP contribution >= 0.6 is 0 Å². The van der Waals surface area contributed by atoms with Gasteiger partial charge in [0.1, 0.15) is 0 Å². The Hall–Kier alpha value is -1.03. The molecule has 60 valence electrons. The quantitative estimate of drug-likeness (QED) is 0.436. The summed E-state index contributed by atoms with van der Waals surface area (Å²) >= 11 is 0. The van der Waals surface area contributed by atoms with Crippen molar-refractivity contribution in [3.8, 4) is 11.8 Å². The van der Waals surface area contributed by atoms with Gasteiger partial charge in [-0.15, -0.1) is 0 Å². The van der Waals surface area contributed by atoms with Crippen LogP contribution in [0.15, 0.2) is 11.6 Å². The molecule has 1 nitrogen and oxygen atoms in total. The molecule has 0 amide bonds. The van der Waals surface area contributed by atoms with Crippen molar-refractivity contribution >= 4 is 5.78 Å². The maximum atomic E-state index is 10.8. The molecule has 0 saturated carbocycles. The molecule has 0 aromatic rings. The lowest BCUT2D eigenvalue weighted by Crippen LogP contribution is -1.89. The summed E-state index contributed by atoms with van der Waals surface area (Å²) in [6.07, 6.45) is 3.21. The maximum absolute atomic E-state index is 10.8. The monoisotopic (exact) mass is 150 g/mol. The number of carbonyl (C=O) groups is 1. The molecule has 0 spiro atoms. The summed E-state index contributed by atoms with van der Waals surface area (Å²) in [6, 6.07) is 0. The molecule has 11 heavy (non-hydrogen) atoms. The Morgan fingerprint density at radius 1 is 1.45 bits per heavy atom. The van der Waals surface area contributed by atoms with Gasteiger partial charge in [-0.1, -0.05) is 18.4 Å². The van der Waals surface area contributed by atoms with E-state index >= 15 is 0 Å². The number of ketones is 1. The molecule has 0 radical (unpaired) electrons. The minimum atomic E-state index is 0.0324. The fourth-order valence-corrected chi connectivity index (χ4v) is 0.550. The number of allylic oxidation sites excluding steroid dienone is 2. The second-order valence-electron chi connectivity index (χ2n) is 2.66. The zero-order chi connectivity index (χ0) is 8.69. The smallest absolute Gasteiger partial charge is 0.205 e. The van der Waals surface area contributed by atoms with Crippen molar-refractivity contribution in [3.63, 3.8) is 0 Å². The molecule has 0 aromatic carbocycles. The van der Waals surface area contributed by atoms with Gasteiger partial charge in [-0.3, -0.25) is 4.79 Å². The summed E-state index contributed by atoms with van der Waals surface area (Å²) in [7, 11) is 0. The summed E-state index contributed by atoms with van der Waals surface area (Å²) in [5.41, 5.74) is 1.13. The largest absolute Gasteiger partial charge is 0.285 e. The summed E-state index contributed by atoms with van der Waals surface area (Å²) < 4.78 is 0. The topological polar surface area (TPSA) is 17.1 Å². The average molecular weight is 150 g/mol. The van der Waals surface area contributed by atoms with E-state index in [1.165, 1.54) is 0 Å². The Morgan fingerprint density at radius 3 is 2.55 bits per heavy atom. The molecule has 0 rings (SSSR count). The van der Waals surface area contributed by atoms with Crippen molar-refractivity contribution in [2.24, 2.45) is 0 Å². The fraction of sp³-hybridized carbons (Fsp3) is 0.500. The van der Waals surface area contributed by atoms with Crippen LogP contribution in [-0.4, -0.2) is 5.78 Å². The molecule has 0 aliphatic carbocycles. The van der Waals surface area contributed by atoms with Crippen LogP contribution in [0.5, 0.6) is 0 Å². The van der Waals surface area contributed by atoms with E-state index < -0.39 is 0 Å². The Balaban J connectivity index is 3.88. The average Bonchev–Trinajstić information content (AvgIpc) is 1.87. The summed E-state index contributed by atoms with van der Waals surface area (Å²) in [6.45, 7) is 5.89. The van der Waals surface area contributed by atoms with Gasteiger partial charge in [0.15, 0.2) is 0 Å². The van der Waals surface area contributed by atoms with Gasteiger partial charge < -0.3 is 0 Å². The molecule has 0 unspecified atom stereocenters. The van der Waals surface area contributed by atoms with E-state index in [4.69, 9.17) is 0 Å². The highest BCUT2D eigenvalue weighted by Gasteiger charge is 1.90. The molecular weight excluding hydrogens is 136 g/mol. The fourth-order valence-electron chi connectivity index (χ4n) is 0.550. The lowest BCUT2D eigenvalue weighted by atomic mass is 10.2. The van der Waals surface area contributed by atoms with Crippen LogP contribution in [0, 0.1) is 11.8 Å². The molecule has 0 bridgehead atoms. The van der Waals surface area contributed by atoms with Crippen molar-refractivity contribution in [1.29, 1.82) is 0 Å². The second kappa shape index (κ2) is 5.73. The van der Waals surface area contributed by atoms with Crippen LogP contribution in [0.1, 0.15) is 33.6 Å². The molecular formula is C10H14O. The highest BCUT2D eigenvalue weighted by Crippen LogP contribution is 1.88. The van der Waals surface area contributed by atoms with Crippen LogP contribution in [0.3, 0.4) is 0 Å². The van der Waals surface area contributed by atoms with Gasteiger partial charge in [-0.25, -0.2) is 0 Å². The third-order valence-corrected chi connectivity index (χ3v) is 1.05. The predicted octanol–water partition coefficient (Wildman–Crippen LogP) is 2.33. The normalized spacial score (nSPS) is 7.91. The summed E-state index contributed by atoms with van der Waals surface area (Å²) in [5.74, 6) is 5.29. The molecule has 0 N–H and O–H groups in total. The first-order chi connectivity index (χ1) is 5.16.